The van der Waals surface area contributed by atoms with Gasteiger partial charge in [0.05, 0.1) is 0 Å². The van der Waals surface area contributed by atoms with Crippen LogP contribution in [0.25, 0.3) is 11.1 Å². The average molecular weight is 212 g/mol. The number of halogens is 1. The Morgan fingerprint density at radius 3 is 2.38 bits per heavy atom. The monoisotopic (exact) mass is 212 g/mol. The van der Waals surface area contributed by atoms with Crippen LogP contribution in [0.1, 0.15) is 25.0 Å². The third-order valence-electron chi connectivity index (χ3n) is 3.53. The van der Waals surface area contributed by atoms with Crippen LogP contribution < -0.4 is 0 Å². The summed E-state index contributed by atoms with van der Waals surface area (Å²) in [5, 5.41) is 0. The lowest BCUT2D eigenvalue weighted by Gasteiger charge is -2.21. The minimum atomic E-state index is -0.225. The van der Waals surface area contributed by atoms with E-state index in [0.717, 1.165) is 11.1 Å². The molecule has 3 rings (SSSR count). The van der Waals surface area contributed by atoms with E-state index < -0.39 is 0 Å². The number of fused-ring (bicyclic) bond motifs is 3. The van der Waals surface area contributed by atoms with Gasteiger partial charge in [0.1, 0.15) is 5.82 Å². The normalized spacial score (nSPS) is 15.7. The highest BCUT2D eigenvalue weighted by atomic mass is 19.1. The van der Waals surface area contributed by atoms with Gasteiger partial charge in [-0.15, -0.1) is 0 Å². The molecule has 0 aliphatic heterocycles. The topological polar surface area (TPSA) is 0 Å². The fourth-order valence-electron chi connectivity index (χ4n) is 2.78. The molecule has 80 valence electrons. The quantitative estimate of drug-likeness (QED) is 0.616. The summed E-state index contributed by atoms with van der Waals surface area (Å²) in [7, 11) is 0. The summed E-state index contributed by atoms with van der Waals surface area (Å²) in [5.41, 5.74) is 4.03. The van der Waals surface area contributed by atoms with E-state index in [1.165, 1.54) is 11.1 Å². The molecule has 0 amide bonds. The van der Waals surface area contributed by atoms with Crippen LogP contribution >= 0.6 is 0 Å². The van der Waals surface area contributed by atoms with Gasteiger partial charge in [-0.25, -0.2) is 4.39 Å². The largest absolute Gasteiger partial charge is 0.207 e. The Morgan fingerprint density at radius 1 is 0.875 bits per heavy atom. The van der Waals surface area contributed by atoms with Crippen molar-refractivity contribution < 1.29 is 4.39 Å². The van der Waals surface area contributed by atoms with Crippen molar-refractivity contribution in [2.24, 2.45) is 0 Å². The molecule has 2 aromatic carbocycles. The van der Waals surface area contributed by atoms with Gasteiger partial charge in [0.2, 0.25) is 0 Å². The summed E-state index contributed by atoms with van der Waals surface area (Å²) >= 11 is 0. The summed E-state index contributed by atoms with van der Waals surface area (Å²) in [6.07, 6.45) is 0. The highest BCUT2D eigenvalue weighted by Gasteiger charge is 2.37. The van der Waals surface area contributed by atoms with Gasteiger partial charge in [-0.2, -0.15) is 0 Å². The van der Waals surface area contributed by atoms with E-state index in [0.29, 0.717) is 0 Å². The van der Waals surface area contributed by atoms with E-state index in [9.17, 15) is 4.39 Å². The Bertz CT molecular complexity index is 567. The van der Waals surface area contributed by atoms with Gasteiger partial charge in [0.15, 0.2) is 0 Å². The van der Waals surface area contributed by atoms with Crippen molar-refractivity contribution in [3.63, 3.8) is 0 Å². The van der Waals surface area contributed by atoms with E-state index in [-0.39, 0.29) is 11.2 Å². The van der Waals surface area contributed by atoms with Crippen LogP contribution in [0, 0.1) is 5.82 Å². The summed E-state index contributed by atoms with van der Waals surface area (Å²) in [6, 6.07) is 13.5. The van der Waals surface area contributed by atoms with Gasteiger partial charge < -0.3 is 0 Å². The van der Waals surface area contributed by atoms with Crippen molar-refractivity contribution in [2.75, 3.05) is 0 Å². The Hall–Kier alpha value is -1.63. The molecule has 0 unspecified atom stereocenters. The molecule has 0 saturated heterocycles. The Morgan fingerprint density at radius 2 is 1.56 bits per heavy atom. The van der Waals surface area contributed by atoms with E-state index in [1.807, 2.05) is 18.2 Å². The molecule has 0 fully saturated rings. The maximum Gasteiger partial charge on any atom is 0.127 e. The second kappa shape index (κ2) is 2.94. The van der Waals surface area contributed by atoms with Gasteiger partial charge in [-0.3, -0.25) is 0 Å². The molecule has 2 aromatic rings. The highest BCUT2D eigenvalue weighted by molar-refractivity contribution is 5.80. The first-order valence-electron chi connectivity index (χ1n) is 5.51. The fourth-order valence-corrected chi connectivity index (χ4v) is 2.78. The first-order valence-corrected chi connectivity index (χ1v) is 5.51. The lowest BCUT2D eigenvalue weighted by Crippen LogP contribution is -2.16. The molecule has 0 atom stereocenters. The lowest BCUT2D eigenvalue weighted by atomic mass is 9.82. The maximum atomic E-state index is 14.0. The van der Waals surface area contributed by atoms with Crippen LogP contribution in [0.3, 0.4) is 0 Å². The summed E-state index contributed by atoms with van der Waals surface area (Å²) < 4.78 is 14.0. The lowest BCUT2D eigenvalue weighted by molar-refractivity contribution is 0.559. The molecule has 1 aliphatic carbocycles. The minimum absolute atomic E-state index is 0.0984. The zero-order valence-electron chi connectivity index (χ0n) is 9.42. The zero-order chi connectivity index (χ0) is 11.3. The minimum Gasteiger partial charge on any atom is -0.207 e. The molecular formula is C15H13F. The smallest absolute Gasteiger partial charge is 0.127 e. The van der Waals surface area contributed by atoms with E-state index >= 15 is 0 Å². The van der Waals surface area contributed by atoms with E-state index in [1.54, 1.807) is 12.1 Å². The van der Waals surface area contributed by atoms with Gasteiger partial charge in [0.25, 0.3) is 0 Å². The second-order valence-electron chi connectivity index (χ2n) is 4.83. The predicted octanol–water partition coefficient (Wildman–Crippen LogP) is 4.13. The third kappa shape index (κ3) is 1.03. The SMILES string of the molecule is CC1(C)c2ccccc2-c2cccc(F)c21. The van der Waals surface area contributed by atoms with Crippen LogP contribution in [0.15, 0.2) is 42.5 Å². The van der Waals surface area contributed by atoms with Gasteiger partial charge in [-0.1, -0.05) is 50.2 Å². The third-order valence-corrected chi connectivity index (χ3v) is 3.53. The maximum absolute atomic E-state index is 14.0. The van der Waals surface area contributed by atoms with Crippen LogP contribution in [-0.2, 0) is 5.41 Å². The van der Waals surface area contributed by atoms with Gasteiger partial charge >= 0.3 is 0 Å². The van der Waals surface area contributed by atoms with Crippen LogP contribution in [0.5, 0.6) is 0 Å². The number of benzene rings is 2. The standard InChI is InChI=1S/C15H13F/c1-15(2)12-8-4-3-6-10(12)11-7-5-9-13(16)14(11)15/h3-9H,1-2H3. The zero-order valence-corrected chi connectivity index (χ0v) is 9.42. The molecule has 16 heavy (non-hydrogen) atoms. The first kappa shape index (κ1) is 9.59. The molecule has 0 spiro atoms. The molecule has 0 nitrogen and oxygen atoms in total. The van der Waals surface area contributed by atoms with Crippen molar-refractivity contribution in [1.29, 1.82) is 0 Å². The molecule has 0 bridgehead atoms. The molecule has 0 heterocycles. The number of hydrogen-bond acceptors (Lipinski definition) is 0. The van der Waals surface area contributed by atoms with Crippen molar-refractivity contribution in [3.05, 3.63) is 59.4 Å². The fraction of sp³-hybridized carbons (Fsp3) is 0.200. The van der Waals surface area contributed by atoms with E-state index in [2.05, 4.69) is 26.0 Å². The Labute approximate surface area is 94.7 Å². The van der Waals surface area contributed by atoms with Crippen LogP contribution in [0.4, 0.5) is 4.39 Å². The molecule has 0 aromatic heterocycles. The molecule has 0 N–H and O–H groups in total. The Balaban J connectivity index is 2.44. The molecular weight excluding hydrogens is 199 g/mol. The van der Waals surface area contributed by atoms with Crippen molar-refractivity contribution in [3.8, 4) is 11.1 Å². The Kier molecular flexibility index (Phi) is 1.76. The highest BCUT2D eigenvalue weighted by Crippen LogP contribution is 2.49. The van der Waals surface area contributed by atoms with Gasteiger partial charge in [0, 0.05) is 11.0 Å². The predicted molar refractivity (Wildman–Crippen MR) is 64.0 cm³/mol. The summed E-state index contributed by atoms with van der Waals surface area (Å²) in [4.78, 5) is 0. The van der Waals surface area contributed by atoms with Crippen LogP contribution in [-0.4, -0.2) is 0 Å². The molecule has 0 radical (unpaired) electrons. The number of hydrogen-bond donors (Lipinski definition) is 0. The number of rotatable bonds is 0. The van der Waals surface area contributed by atoms with Gasteiger partial charge in [-0.05, 0) is 22.8 Å². The summed E-state index contributed by atoms with van der Waals surface area (Å²) in [6.45, 7) is 4.17. The first-order chi connectivity index (χ1) is 7.62. The molecule has 1 heteroatoms. The van der Waals surface area contributed by atoms with Crippen molar-refractivity contribution in [1.82, 2.24) is 0 Å². The second-order valence-corrected chi connectivity index (χ2v) is 4.83. The molecule has 0 saturated carbocycles. The van der Waals surface area contributed by atoms with E-state index in [4.69, 9.17) is 0 Å². The summed E-state index contributed by atoms with van der Waals surface area (Å²) in [5.74, 6) is -0.0984. The van der Waals surface area contributed by atoms with Crippen LogP contribution in [0.2, 0.25) is 0 Å². The van der Waals surface area contributed by atoms with Crippen molar-refractivity contribution >= 4 is 0 Å². The molecule has 1 aliphatic rings. The average Bonchev–Trinajstić information content (AvgIpc) is 2.50. The van der Waals surface area contributed by atoms with Crippen molar-refractivity contribution in [2.45, 2.75) is 19.3 Å².